The van der Waals surface area contributed by atoms with Crippen LogP contribution >= 0.6 is 15.9 Å². The second kappa shape index (κ2) is 3.16. The average Bonchev–Trinajstić information content (AvgIpc) is 2.41. The number of nitrogens with one attached hydrogen (secondary N) is 1. The van der Waals surface area contributed by atoms with Crippen LogP contribution in [0.3, 0.4) is 0 Å². The minimum absolute atomic E-state index is 0.125. The number of benzene rings is 1. The van der Waals surface area contributed by atoms with Crippen LogP contribution in [0.1, 0.15) is 0 Å². The number of aryl methyl sites for hydroxylation is 1. The topological polar surface area (TPSA) is 47.0 Å². The van der Waals surface area contributed by atoms with Crippen molar-refractivity contribution in [1.82, 2.24) is 9.55 Å². The zero-order valence-corrected chi connectivity index (χ0v) is 9.38. The number of halogens is 1. The van der Waals surface area contributed by atoms with Gasteiger partial charge >= 0.3 is 5.69 Å². The zero-order valence-electron chi connectivity index (χ0n) is 7.80. The quantitative estimate of drug-likeness (QED) is 0.844. The number of aromatic amines is 1. The van der Waals surface area contributed by atoms with E-state index in [9.17, 15) is 4.79 Å². The fraction of sp³-hybridized carbons (Fsp3) is 0.222. The molecular weight excluding hydrogens is 248 g/mol. The summed E-state index contributed by atoms with van der Waals surface area (Å²) in [4.78, 5) is 14.0. The molecule has 0 bridgehead atoms. The summed E-state index contributed by atoms with van der Waals surface area (Å²) < 4.78 is 7.52. The number of methoxy groups -OCH3 is 1. The largest absolute Gasteiger partial charge is 0.495 e. The van der Waals surface area contributed by atoms with Gasteiger partial charge in [0, 0.05) is 13.1 Å². The number of rotatable bonds is 1. The van der Waals surface area contributed by atoms with Crippen LogP contribution in [0.5, 0.6) is 5.75 Å². The molecule has 1 aromatic heterocycles. The van der Waals surface area contributed by atoms with Gasteiger partial charge in [0.1, 0.15) is 5.75 Å². The van der Waals surface area contributed by atoms with Crippen LogP contribution in [0.25, 0.3) is 11.0 Å². The molecule has 0 saturated heterocycles. The third-order valence-electron chi connectivity index (χ3n) is 2.18. The first kappa shape index (κ1) is 9.33. The Labute approximate surface area is 88.6 Å². The van der Waals surface area contributed by atoms with Crippen molar-refractivity contribution in [3.63, 3.8) is 0 Å². The molecule has 0 amide bonds. The zero-order chi connectivity index (χ0) is 10.3. The molecule has 0 aliphatic heterocycles. The highest BCUT2D eigenvalue weighted by molar-refractivity contribution is 9.10. The van der Waals surface area contributed by atoms with Gasteiger partial charge in [0.25, 0.3) is 0 Å². The minimum atomic E-state index is -0.125. The van der Waals surface area contributed by atoms with E-state index in [-0.39, 0.29) is 5.69 Å². The molecule has 0 atom stereocenters. The lowest BCUT2D eigenvalue weighted by atomic mass is 10.3. The summed E-state index contributed by atoms with van der Waals surface area (Å²) >= 11 is 3.36. The predicted octanol–water partition coefficient (Wildman–Crippen LogP) is 1.64. The molecule has 74 valence electrons. The summed E-state index contributed by atoms with van der Waals surface area (Å²) in [5.41, 5.74) is 1.50. The molecule has 1 heterocycles. The number of hydrogen-bond acceptors (Lipinski definition) is 2. The van der Waals surface area contributed by atoms with E-state index in [1.165, 1.54) is 0 Å². The monoisotopic (exact) mass is 256 g/mol. The lowest BCUT2D eigenvalue weighted by Gasteiger charge is -2.03. The van der Waals surface area contributed by atoms with Gasteiger partial charge in [-0.3, -0.25) is 4.57 Å². The molecule has 0 saturated carbocycles. The molecule has 0 aliphatic rings. The summed E-state index contributed by atoms with van der Waals surface area (Å²) in [5.74, 6) is 0.715. The van der Waals surface area contributed by atoms with Crippen molar-refractivity contribution < 1.29 is 4.74 Å². The SMILES string of the molecule is COc1cc2c(cc1Br)[nH]c(=O)n2C. The van der Waals surface area contributed by atoms with Gasteiger partial charge in [0.15, 0.2) is 0 Å². The van der Waals surface area contributed by atoms with Crippen LogP contribution in [-0.2, 0) is 7.05 Å². The van der Waals surface area contributed by atoms with Gasteiger partial charge in [-0.25, -0.2) is 4.79 Å². The van der Waals surface area contributed by atoms with E-state index in [2.05, 4.69) is 20.9 Å². The highest BCUT2D eigenvalue weighted by Crippen LogP contribution is 2.28. The molecule has 1 N–H and O–H groups in total. The van der Waals surface area contributed by atoms with Gasteiger partial charge in [0.05, 0.1) is 22.6 Å². The first-order valence-electron chi connectivity index (χ1n) is 4.05. The van der Waals surface area contributed by atoms with Crippen LogP contribution in [-0.4, -0.2) is 16.7 Å². The van der Waals surface area contributed by atoms with Crippen molar-refractivity contribution >= 4 is 27.0 Å². The van der Waals surface area contributed by atoms with Crippen molar-refractivity contribution in [3.8, 4) is 5.75 Å². The Bertz CT molecular complexity index is 541. The normalized spacial score (nSPS) is 10.8. The van der Waals surface area contributed by atoms with E-state index in [0.29, 0.717) is 5.75 Å². The van der Waals surface area contributed by atoms with Crippen molar-refractivity contribution in [2.45, 2.75) is 0 Å². The van der Waals surface area contributed by atoms with E-state index in [4.69, 9.17) is 4.74 Å². The molecule has 2 aromatic rings. The third kappa shape index (κ3) is 1.24. The van der Waals surface area contributed by atoms with Crippen molar-refractivity contribution in [1.29, 1.82) is 0 Å². The number of aromatic nitrogens is 2. The van der Waals surface area contributed by atoms with E-state index in [1.54, 1.807) is 18.7 Å². The predicted molar refractivity (Wildman–Crippen MR) is 57.8 cm³/mol. The Morgan fingerprint density at radius 1 is 1.50 bits per heavy atom. The van der Waals surface area contributed by atoms with Gasteiger partial charge in [-0.15, -0.1) is 0 Å². The standard InChI is InChI=1S/C9H9BrN2O2/c1-12-7-4-8(14-2)5(10)3-6(7)11-9(12)13/h3-4H,1-2H3,(H,11,13). The Balaban J connectivity index is 2.87. The van der Waals surface area contributed by atoms with E-state index < -0.39 is 0 Å². The maximum Gasteiger partial charge on any atom is 0.326 e. The Kier molecular flexibility index (Phi) is 2.11. The molecule has 0 radical (unpaired) electrons. The van der Waals surface area contributed by atoms with Crippen LogP contribution in [0, 0.1) is 0 Å². The summed E-state index contributed by atoms with van der Waals surface area (Å²) in [6.07, 6.45) is 0. The molecule has 1 aromatic carbocycles. The van der Waals surface area contributed by atoms with E-state index >= 15 is 0 Å². The van der Waals surface area contributed by atoms with Gasteiger partial charge in [0.2, 0.25) is 0 Å². The van der Waals surface area contributed by atoms with Gasteiger partial charge in [-0.2, -0.15) is 0 Å². The summed E-state index contributed by atoms with van der Waals surface area (Å²) in [6.45, 7) is 0. The van der Waals surface area contributed by atoms with Crippen molar-refractivity contribution in [2.24, 2.45) is 7.05 Å². The molecule has 0 unspecified atom stereocenters. The maximum atomic E-state index is 11.3. The van der Waals surface area contributed by atoms with Crippen LogP contribution in [0.15, 0.2) is 21.4 Å². The highest BCUT2D eigenvalue weighted by atomic mass is 79.9. The molecule has 0 fully saturated rings. The Morgan fingerprint density at radius 2 is 2.21 bits per heavy atom. The number of imidazole rings is 1. The number of nitrogens with zero attached hydrogens (tertiary/aromatic N) is 1. The first-order valence-corrected chi connectivity index (χ1v) is 4.85. The Hall–Kier alpha value is -1.23. The first-order chi connectivity index (χ1) is 6.63. The molecular formula is C9H9BrN2O2. The molecule has 2 rings (SSSR count). The summed E-state index contributed by atoms with van der Waals surface area (Å²) in [6, 6.07) is 3.65. The molecule has 14 heavy (non-hydrogen) atoms. The molecule has 0 aliphatic carbocycles. The fourth-order valence-electron chi connectivity index (χ4n) is 1.39. The van der Waals surface area contributed by atoms with Crippen molar-refractivity contribution in [2.75, 3.05) is 7.11 Å². The summed E-state index contributed by atoms with van der Waals surface area (Å²) in [5, 5.41) is 0. The number of H-pyrrole nitrogens is 1. The second-order valence-electron chi connectivity index (χ2n) is 2.99. The average molecular weight is 257 g/mol. The number of ether oxygens (including phenoxy) is 1. The van der Waals surface area contributed by atoms with Crippen molar-refractivity contribution in [3.05, 3.63) is 27.1 Å². The van der Waals surface area contributed by atoms with Crippen LogP contribution in [0.4, 0.5) is 0 Å². The smallest absolute Gasteiger partial charge is 0.326 e. The van der Waals surface area contributed by atoms with E-state index in [0.717, 1.165) is 15.5 Å². The fourth-order valence-corrected chi connectivity index (χ4v) is 1.89. The maximum absolute atomic E-state index is 11.3. The number of fused-ring (bicyclic) bond motifs is 1. The molecule has 4 nitrogen and oxygen atoms in total. The number of hydrogen-bond donors (Lipinski definition) is 1. The third-order valence-corrected chi connectivity index (χ3v) is 2.80. The highest BCUT2D eigenvalue weighted by Gasteiger charge is 2.07. The molecule has 5 heteroatoms. The van der Waals surface area contributed by atoms with Gasteiger partial charge < -0.3 is 9.72 Å². The summed E-state index contributed by atoms with van der Waals surface area (Å²) in [7, 11) is 3.31. The second-order valence-corrected chi connectivity index (χ2v) is 3.85. The van der Waals surface area contributed by atoms with Crippen LogP contribution in [0.2, 0.25) is 0 Å². The Morgan fingerprint density at radius 3 is 2.86 bits per heavy atom. The van der Waals surface area contributed by atoms with Gasteiger partial charge in [-0.1, -0.05) is 0 Å². The minimum Gasteiger partial charge on any atom is -0.495 e. The lowest BCUT2D eigenvalue weighted by molar-refractivity contribution is 0.412. The molecule has 0 spiro atoms. The van der Waals surface area contributed by atoms with Crippen LogP contribution < -0.4 is 10.4 Å². The lowest BCUT2D eigenvalue weighted by Crippen LogP contribution is -2.11. The van der Waals surface area contributed by atoms with E-state index in [1.807, 2.05) is 12.1 Å². The van der Waals surface area contributed by atoms with Gasteiger partial charge in [-0.05, 0) is 22.0 Å².